The number of alkyl halides is 2. The number of hydrogen-bond donors (Lipinski definition) is 1. The molecule has 0 saturated heterocycles. The number of fused-ring (bicyclic) bond motifs is 2. The minimum Gasteiger partial charge on any atom is -0.391 e. The zero-order chi connectivity index (χ0) is 11.5. The topological polar surface area (TPSA) is 44.0 Å². The maximum atomic E-state index is 10.4. The molecule has 1 N–H and O–H groups in total. The summed E-state index contributed by atoms with van der Waals surface area (Å²) in [5.74, 6) is 0. The standard InChI is InChI=1S/C11H15Br2NO/c1-9(2)8(15)11(13)4-3-10(9,5-6-14)7(11)12/h7-8,15H,3-5H2,1-2H3/t7-,8+,10-,11-/m0/s1. The molecular weight excluding hydrogens is 322 g/mol. The van der Waals surface area contributed by atoms with Gasteiger partial charge >= 0.3 is 0 Å². The Morgan fingerprint density at radius 2 is 2.07 bits per heavy atom. The van der Waals surface area contributed by atoms with Crippen molar-refractivity contribution >= 4 is 31.9 Å². The zero-order valence-electron chi connectivity index (χ0n) is 8.93. The van der Waals surface area contributed by atoms with Gasteiger partial charge in [0.05, 0.1) is 16.5 Å². The third-order valence-electron chi connectivity index (χ3n) is 4.68. The fraction of sp³-hybridized carbons (Fsp3) is 0.909. The summed E-state index contributed by atoms with van der Waals surface area (Å²) in [6.07, 6.45) is 2.07. The number of rotatable bonds is 1. The van der Waals surface area contributed by atoms with Gasteiger partial charge in [-0.2, -0.15) is 5.26 Å². The Morgan fingerprint density at radius 1 is 1.47 bits per heavy atom. The summed E-state index contributed by atoms with van der Waals surface area (Å²) >= 11 is 7.40. The summed E-state index contributed by atoms with van der Waals surface area (Å²) in [6, 6.07) is 2.29. The maximum Gasteiger partial charge on any atom is 0.0761 e. The first kappa shape index (κ1) is 11.9. The van der Waals surface area contributed by atoms with Crippen LogP contribution < -0.4 is 0 Å². The number of nitriles is 1. The first-order valence-corrected chi connectivity index (χ1v) is 6.92. The maximum absolute atomic E-state index is 10.4. The van der Waals surface area contributed by atoms with Gasteiger partial charge in [0, 0.05) is 16.7 Å². The molecule has 0 amide bonds. The van der Waals surface area contributed by atoms with Crippen molar-refractivity contribution in [2.75, 3.05) is 0 Å². The van der Waals surface area contributed by atoms with Crippen molar-refractivity contribution in [3.63, 3.8) is 0 Å². The van der Waals surface area contributed by atoms with Crippen LogP contribution in [0.25, 0.3) is 0 Å². The van der Waals surface area contributed by atoms with E-state index >= 15 is 0 Å². The molecule has 2 aliphatic rings. The van der Waals surface area contributed by atoms with E-state index in [1.165, 1.54) is 0 Å². The van der Waals surface area contributed by atoms with Gasteiger partial charge in [-0.15, -0.1) is 0 Å². The molecule has 2 aliphatic carbocycles. The van der Waals surface area contributed by atoms with Crippen LogP contribution in [-0.4, -0.2) is 20.4 Å². The second-order valence-electron chi connectivity index (χ2n) is 5.40. The first-order valence-electron chi connectivity index (χ1n) is 5.21. The lowest BCUT2D eigenvalue weighted by Crippen LogP contribution is -2.46. The molecular formula is C11H15Br2NO. The molecule has 4 heteroatoms. The predicted molar refractivity (Wildman–Crippen MR) is 66.1 cm³/mol. The van der Waals surface area contributed by atoms with Crippen LogP contribution in [0.1, 0.15) is 33.1 Å². The van der Waals surface area contributed by atoms with Crippen molar-refractivity contribution in [3.05, 3.63) is 0 Å². The molecule has 0 aliphatic heterocycles. The van der Waals surface area contributed by atoms with Crippen molar-refractivity contribution in [3.8, 4) is 6.07 Å². The van der Waals surface area contributed by atoms with Gasteiger partial charge in [0.2, 0.25) is 0 Å². The Balaban J connectivity index is 2.52. The lowest BCUT2D eigenvalue weighted by atomic mass is 9.62. The zero-order valence-corrected chi connectivity index (χ0v) is 12.1. The Morgan fingerprint density at radius 3 is 2.47 bits per heavy atom. The highest BCUT2D eigenvalue weighted by molar-refractivity contribution is 9.12. The van der Waals surface area contributed by atoms with Crippen LogP contribution >= 0.6 is 31.9 Å². The summed E-state index contributed by atoms with van der Waals surface area (Å²) in [4.78, 5) is 0.183. The monoisotopic (exact) mass is 335 g/mol. The first-order chi connectivity index (χ1) is 6.83. The molecule has 2 saturated carbocycles. The molecule has 0 heterocycles. The second kappa shape index (κ2) is 3.21. The molecule has 0 aromatic rings. The highest BCUT2D eigenvalue weighted by Gasteiger charge is 2.73. The van der Waals surface area contributed by atoms with Crippen LogP contribution in [0.4, 0.5) is 0 Å². The van der Waals surface area contributed by atoms with Crippen LogP contribution in [0, 0.1) is 22.2 Å². The van der Waals surface area contributed by atoms with Gasteiger partial charge in [-0.05, 0) is 18.3 Å². The molecule has 0 spiro atoms. The second-order valence-corrected chi connectivity index (χ2v) is 7.80. The lowest BCUT2D eigenvalue weighted by Gasteiger charge is -2.44. The Labute approximate surface area is 107 Å². The minimum absolute atomic E-state index is 0.0926. The van der Waals surface area contributed by atoms with Gasteiger partial charge in [0.1, 0.15) is 0 Å². The van der Waals surface area contributed by atoms with E-state index in [1.54, 1.807) is 0 Å². The van der Waals surface area contributed by atoms with Gasteiger partial charge < -0.3 is 5.11 Å². The Kier molecular flexibility index (Phi) is 2.54. The third kappa shape index (κ3) is 1.13. The number of aliphatic hydroxyl groups is 1. The van der Waals surface area contributed by atoms with E-state index in [-0.39, 0.29) is 20.0 Å². The van der Waals surface area contributed by atoms with E-state index in [1.807, 2.05) is 0 Å². The Bertz CT molecular complexity index is 338. The molecule has 2 bridgehead atoms. The predicted octanol–water partition coefficient (Wildman–Crippen LogP) is 2.98. The van der Waals surface area contributed by atoms with Crippen LogP contribution in [0.5, 0.6) is 0 Å². The summed E-state index contributed by atoms with van der Waals surface area (Å²) in [5.41, 5.74) is -0.302. The smallest absolute Gasteiger partial charge is 0.0761 e. The summed E-state index contributed by atoms with van der Waals surface area (Å²) in [7, 11) is 0. The highest BCUT2D eigenvalue weighted by atomic mass is 79.9. The van der Waals surface area contributed by atoms with Gasteiger partial charge in [-0.3, -0.25) is 0 Å². The minimum atomic E-state index is -0.392. The fourth-order valence-electron chi connectivity index (χ4n) is 3.47. The summed E-state index contributed by atoms with van der Waals surface area (Å²) in [5, 5.41) is 19.4. The van der Waals surface area contributed by atoms with Crippen molar-refractivity contribution in [2.24, 2.45) is 10.8 Å². The number of aliphatic hydroxyl groups excluding tert-OH is 1. The van der Waals surface area contributed by atoms with Crippen molar-refractivity contribution in [1.29, 1.82) is 5.26 Å². The number of nitrogens with zero attached hydrogens (tertiary/aromatic N) is 1. The quantitative estimate of drug-likeness (QED) is 0.748. The van der Waals surface area contributed by atoms with Crippen molar-refractivity contribution in [1.82, 2.24) is 0 Å². The van der Waals surface area contributed by atoms with Crippen LogP contribution in [-0.2, 0) is 0 Å². The molecule has 0 aromatic heterocycles. The fourth-order valence-corrected chi connectivity index (χ4v) is 6.14. The summed E-state index contributed by atoms with van der Waals surface area (Å²) < 4.78 is -0.243. The van der Waals surface area contributed by atoms with Crippen LogP contribution in [0.3, 0.4) is 0 Å². The van der Waals surface area contributed by atoms with Crippen LogP contribution in [0.15, 0.2) is 0 Å². The number of hydrogen-bond acceptors (Lipinski definition) is 2. The van der Waals surface area contributed by atoms with Gasteiger partial charge in [0.15, 0.2) is 0 Å². The molecule has 0 radical (unpaired) electrons. The SMILES string of the molecule is CC1(C)[C@@H](O)[C@]2(Br)CC[C@]1(CC#N)[C@@H]2Br. The Hall–Kier alpha value is 0.410. The lowest BCUT2D eigenvalue weighted by molar-refractivity contribution is -0.0276. The molecule has 84 valence electrons. The average molecular weight is 337 g/mol. The van der Waals surface area contributed by atoms with E-state index in [0.717, 1.165) is 12.8 Å². The molecule has 4 atom stereocenters. The van der Waals surface area contributed by atoms with E-state index in [4.69, 9.17) is 5.26 Å². The molecule has 2 rings (SSSR count). The molecule has 0 aromatic carbocycles. The largest absolute Gasteiger partial charge is 0.391 e. The van der Waals surface area contributed by atoms with Crippen molar-refractivity contribution < 1.29 is 5.11 Å². The van der Waals surface area contributed by atoms with E-state index < -0.39 is 6.10 Å². The molecule has 0 unspecified atom stereocenters. The van der Waals surface area contributed by atoms with E-state index in [2.05, 4.69) is 51.8 Å². The van der Waals surface area contributed by atoms with Gasteiger partial charge in [-0.25, -0.2) is 0 Å². The molecule has 2 nitrogen and oxygen atoms in total. The van der Waals surface area contributed by atoms with Crippen LogP contribution in [0.2, 0.25) is 0 Å². The number of halogens is 2. The summed E-state index contributed by atoms with van der Waals surface area (Å²) in [6.45, 7) is 4.15. The van der Waals surface area contributed by atoms with E-state index in [0.29, 0.717) is 6.42 Å². The average Bonchev–Trinajstić information content (AvgIpc) is 2.48. The molecule has 15 heavy (non-hydrogen) atoms. The van der Waals surface area contributed by atoms with Crippen molar-refractivity contribution in [2.45, 2.75) is 48.4 Å². The third-order valence-corrected chi connectivity index (χ3v) is 8.27. The van der Waals surface area contributed by atoms with Gasteiger partial charge in [0.25, 0.3) is 0 Å². The highest BCUT2D eigenvalue weighted by Crippen LogP contribution is 2.72. The van der Waals surface area contributed by atoms with Gasteiger partial charge in [-0.1, -0.05) is 45.7 Å². The van der Waals surface area contributed by atoms with E-state index in [9.17, 15) is 5.11 Å². The normalized spacial score (nSPS) is 51.7. The molecule has 2 fully saturated rings.